The molecule has 1 atom stereocenters. The number of hydrogen-bond donors (Lipinski definition) is 0. The van der Waals surface area contributed by atoms with Crippen LogP contribution in [0.5, 0.6) is 0 Å². The summed E-state index contributed by atoms with van der Waals surface area (Å²) in [5, 5.41) is 0. The van der Waals surface area contributed by atoms with Crippen LogP contribution in [-0.4, -0.2) is 46.4 Å². The van der Waals surface area contributed by atoms with E-state index in [1.807, 2.05) is 0 Å². The van der Waals surface area contributed by atoms with Gasteiger partial charge in [-0.2, -0.15) is 0 Å². The molecule has 1 saturated heterocycles. The molecule has 2 heterocycles. The number of amides is 1. The van der Waals surface area contributed by atoms with Crippen LogP contribution in [0.15, 0.2) is 18.7 Å². The van der Waals surface area contributed by atoms with E-state index in [1.165, 1.54) is 30.7 Å². The molecule has 0 radical (unpaired) electrons. The van der Waals surface area contributed by atoms with Crippen LogP contribution in [0.3, 0.4) is 0 Å². The molecule has 1 aliphatic rings. The zero-order chi connectivity index (χ0) is 12.3. The van der Waals surface area contributed by atoms with Crippen LogP contribution in [0.2, 0.25) is 0 Å². The van der Waals surface area contributed by atoms with Gasteiger partial charge in [-0.15, -0.1) is 0 Å². The SMILES string of the molecule is COC(=O)C1CCCN1C(=O)c1cncnc1. The molecule has 0 spiro atoms. The number of nitrogens with zero attached hydrogens (tertiary/aromatic N) is 3. The van der Waals surface area contributed by atoms with Crippen molar-refractivity contribution in [1.29, 1.82) is 0 Å². The molecular weight excluding hydrogens is 222 g/mol. The van der Waals surface area contributed by atoms with Gasteiger partial charge in [-0.05, 0) is 12.8 Å². The number of methoxy groups -OCH3 is 1. The van der Waals surface area contributed by atoms with Crippen molar-refractivity contribution < 1.29 is 14.3 Å². The van der Waals surface area contributed by atoms with Crippen LogP contribution in [0.25, 0.3) is 0 Å². The highest BCUT2D eigenvalue weighted by atomic mass is 16.5. The Kier molecular flexibility index (Phi) is 3.32. The van der Waals surface area contributed by atoms with Gasteiger partial charge in [0.2, 0.25) is 0 Å². The third-order valence-corrected chi connectivity index (χ3v) is 2.79. The molecule has 0 bridgehead atoms. The minimum atomic E-state index is -0.479. The van der Waals surface area contributed by atoms with E-state index in [1.54, 1.807) is 0 Å². The number of ether oxygens (including phenoxy) is 1. The van der Waals surface area contributed by atoms with Crippen molar-refractivity contribution in [3.63, 3.8) is 0 Å². The highest BCUT2D eigenvalue weighted by molar-refractivity contribution is 5.96. The van der Waals surface area contributed by atoms with Gasteiger partial charge in [0.15, 0.2) is 0 Å². The molecule has 1 aromatic heterocycles. The fourth-order valence-electron chi connectivity index (χ4n) is 1.97. The molecule has 1 fully saturated rings. The molecule has 6 heteroatoms. The second-order valence-corrected chi connectivity index (χ2v) is 3.81. The molecule has 0 saturated carbocycles. The van der Waals surface area contributed by atoms with Crippen molar-refractivity contribution in [2.24, 2.45) is 0 Å². The van der Waals surface area contributed by atoms with E-state index in [0.29, 0.717) is 18.5 Å². The van der Waals surface area contributed by atoms with Crippen molar-refractivity contribution in [3.05, 3.63) is 24.3 Å². The van der Waals surface area contributed by atoms with E-state index >= 15 is 0 Å². The summed E-state index contributed by atoms with van der Waals surface area (Å²) in [5.41, 5.74) is 0.392. The van der Waals surface area contributed by atoms with Crippen LogP contribution in [0.1, 0.15) is 23.2 Å². The van der Waals surface area contributed by atoms with E-state index in [4.69, 9.17) is 0 Å². The second-order valence-electron chi connectivity index (χ2n) is 3.81. The highest BCUT2D eigenvalue weighted by Crippen LogP contribution is 2.20. The average molecular weight is 235 g/mol. The molecule has 1 amide bonds. The van der Waals surface area contributed by atoms with Gasteiger partial charge in [-0.3, -0.25) is 4.79 Å². The lowest BCUT2D eigenvalue weighted by atomic mass is 10.2. The van der Waals surface area contributed by atoms with Crippen molar-refractivity contribution in [1.82, 2.24) is 14.9 Å². The molecule has 90 valence electrons. The molecule has 17 heavy (non-hydrogen) atoms. The lowest BCUT2D eigenvalue weighted by Crippen LogP contribution is -2.41. The van der Waals surface area contributed by atoms with Gasteiger partial charge in [0.1, 0.15) is 12.4 Å². The molecular formula is C11H13N3O3. The molecule has 1 aromatic rings. The number of aromatic nitrogens is 2. The second kappa shape index (κ2) is 4.90. The lowest BCUT2D eigenvalue weighted by Gasteiger charge is -2.22. The molecule has 1 unspecified atom stereocenters. The lowest BCUT2D eigenvalue weighted by molar-refractivity contribution is -0.145. The Morgan fingerprint density at radius 3 is 2.76 bits per heavy atom. The first-order chi connectivity index (χ1) is 8.24. The number of hydrogen-bond acceptors (Lipinski definition) is 5. The first-order valence-electron chi connectivity index (χ1n) is 5.38. The number of esters is 1. The Hall–Kier alpha value is -1.98. The Morgan fingerprint density at radius 1 is 1.41 bits per heavy atom. The molecule has 0 N–H and O–H groups in total. The summed E-state index contributed by atoms with van der Waals surface area (Å²) in [6, 6.07) is -0.479. The van der Waals surface area contributed by atoms with Crippen LogP contribution in [-0.2, 0) is 9.53 Å². The summed E-state index contributed by atoms with van der Waals surface area (Å²) < 4.78 is 4.69. The van der Waals surface area contributed by atoms with Crippen LogP contribution >= 0.6 is 0 Å². The van der Waals surface area contributed by atoms with Gasteiger partial charge in [0, 0.05) is 18.9 Å². The molecule has 0 aromatic carbocycles. The van der Waals surface area contributed by atoms with Gasteiger partial charge >= 0.3 is 5.97 Å². The topological polar surface area (TPSA) is 72.4 Å². The van der Waals surface area contributed by atoms with E-state index in [2.05, 4.69) is 14.7 Å². The maximum Gasteiger partial charge on any atom is 0.328 e. The van der Waals surface area contributed by atoms with E-state index < -0.39 is 6.04 Å². The van der Waals surface area contributed by atoms with Crippen molar-refractivity contribution in [2.75, 3.05) is 13.7 Å². The molecule has 6 nitrogen and oxygen atoms in total. The first-order valence-corrected chi connectivity index (χ1v) is 5.38. The summed E-state index contributed by atoms with van der Waals surface area (Å²) in [4.78, 5) is 32.7. The van der Waals surface area contributed by atoms with Gasteiger partial charge < -0.3 is 9.64 Å². The predicted molar refractivity (Wildman–Crippen MR) is 58.1 cm³/mol. The van der Waals surface area contributed by atoms with E-state index in [9.17, 15) is 9.59 Å². The smallest absolute Gasteiger partial charge is 0.328 e. The van der Waals surface area contributed by atoms with Crippen LogP contribution in [0, 0.1) is 0 Å². The van der Waals surface area contributed by atoms with Gasteiger partial charge in [-0.25, -0.2) is 14.8 Å². The monoisotopic (exact) mass is 235 g/mol. The Balaban J connectivity index is 2.17. The number of rotatable bonds is 2. The molecule has 2 rings (SSSR count). The van der Waals surface area contributed by atoms with Crippen molar-refractivity contribution >= 4 is 11.9 Å². The fourth-order valence-corrected chi connectivity index (χ4v) is 1.97. The largest absolute Gasteiger partial charge is 0.467 e. The molecule has 0 aliphatic carbocycles. The highest BCUT2D eigenvalue weighted by Gasteiger charge is 2.35. The minimum Gasteiger partial charge on any atom is -0.467 e. The maximum atomic E-state index is 12.1. The van der Waals surface area contributed by atoms with Gasteiger partial charge in [-0.1, -0.05) is 0 Å². The Labute approximate surface area is 98.6 Å². The van der Waals surface area contributed by atoms with E-state index in [0.717, 1.165) is 6.42 Å². The van der Waals surface area contributed by atoms with Crippen molar-refractivity contribution in [3.8, 4) is 0 Å². The summed E-state index contributed by atoms with van der Waals surface area (Å²) in [5.74, 6) is -0.591. The summed E-state index contributed by atoms with van der Waals surface area (Å²) >= 11 is 0. The summed E-state index contributed by atoms with van der Waals surface area (Å²) in [6.45, 7) is 0.563. The normalized spacial score (nSPS) is 19.1. The zero-order valence-corrected chi connectivity index (χ0v) is 9.50. The summed E-state index contributed by atoms with van der Waals surface area (Å²) in [7, 11) is 1.33. The Bertz CT molecular complexity index is 421. The van der Waals surface area contributed by atoms with Gasteiger partial charge in [0.05, 0.1) is 12.7 Å². The van der Waals surface area contributed by atoms with Crippen molar-refractivity contribution in [2.45, 2.75) is 18.9 Å². The third kappa shape index (κ3) is 2.25. The van der Waals surface area contributed by atoms with Crippen LogP contribution < -0.4 is 0 Å². The first kappa shape index (κ1) is 11.5. The Morgan fingerprint density at radius 2 is 2.12 bits per heavy atom. The van der Waals surface area contributed by atoms with Crippen LogP contribution in [0.4, 0.5) is 0 Å². The zero-order valence-electron chi connectivity index (χ0n) is 9.50. The quantitative estimate of drug-likeness (QED) is 0.687. The number of likely N-dealkylation sites (tertiary alicyclic amines) is 1. The third-order valence-electron chi connectivity index (χ3n) is 2.79. The fraction of sp³-hybridized carbons (Fsp3) is 0.455. The van der Waals surface area contributed by atoms with Gasteiger partial charge in [0.25, 0.3) is 5.91 Å². The standard InChI is InChI=1S/C11H13N3O3/c1-17-11(16)9-3-2-4-14(9)10(15)8-5-12-7-13-6-8/h5-7,9H,2-4H2,1H3. The average Bonchev–Trinajstić information content (AvgIpc) is 2.87. The maximum absolute atomic E-state index is 12.1. The number of carbonyl (C=O) groups excluding carboxylic acids is 2. The predicted octanol–water partition coefficient (Wildman–Crippen LogP) is 0.254. The van der Waals surface area contributed by atoms with E-state index in [-0.39, 0.29) is 11.9 Å². The summed E-state index contributed by atoms with van der Waals surface area (Å²) in [6.07, 6.45) is 5.70. The minimum absolute atomic E-state index is 0.224. The molecule has 1 aliphatic heterocycles. The number of carbonyl (C=O) groups is 2.